The van der Waals surface area contributed by atoms with Gasteiger partial charge in [0, 0.05) is 19.1 Å². The van der Waals surface area contributed by atoms with E-state index in [1.165, 1.54) is 32.1 Å². The molecule has 90 valence electrons. The zero-order valence-corrected chi connectivity index (χ0v) is 9.95. The predicted octanol–water partition coefficient (Wildman–Crippen LogP) is 1.39. The lowest BCUT2D eigenvalue weighted by Gasteiger charge is -2.23. The van der Waals surface area contributed by atoms with Crippen molar-refractivity contribution in [3.63, 3.8) is 0 Å². The minimum absolute atomic E-state index is 0.301. The maximum absolute atomic E-state index is 12.2. The lowest BCUT2D eigenvalue weighted by atomic mass is 9.94. The Hall–Kier alpha value is -0.570. The summed E-state index contributed by atoms with van der Waals surface area (Å²) < 4.78 is 0. The molecule has 2 saturated heterocycles. The zero-order chi connectivity index (χ0) is 11.0. The summed E-state index contributed by atoms with van der Waals surface area (Å²) >= 11 is 0. The third-order valence-corrected chi connectivity index (χ3v) is 4.58. The summed E-state index contributed by atoms with van der Waals surface area (Å²) in [6.45, 7) is 3.11. The highest BCUT2D eigenvalue weighted by Crippen LogP contribution is 2.30. The van der Waals surface area contributed by atoms with Crippen LogP contribution in [-0.4, -0.2) is 36.5 Å². The molecular formula is C13H22N2O. The average Bonchev–Trinajstić information content (AvgIpc) is 2.90. The van der Waals surface area contributed by atoms with Gasteiger partial charge in [-0.05, 0) is 38.1 Å². The molecular weight excluding hydrogens is 200 g/mol. The van der Waals surface area contributed by atoms with Gasteiger partial charge in [-0.25, -0.2) is 0 Å². The van der Waals surface area contributed by atoms with Crippen LogP contribution in [0.3, 0.4) is 0 Å². The molecule has 3 heteroatoms. The van der Waals surface area contributed by atoms with E-state index in [2.05, 4.69) is 10.2 Å². The number of hydrogen-bond acceptors (Lipinski definition) is 2. The first-order valence-corrected chi connectivity index (χ1v) is 6.87. The van der Waals surface area contributed by atoms with E-state index in [0.29, 0.717) is 17.9 Å². The van der Waals surface area contributed by atoms with E-state index < -0.39 is 0 Å². The van der Waals surface area contributed by atoms with Crippen LogP contribution in [0.15, 0.2) is 0 Å². The van der Waals surface area contributed by atoms with Crippen molar-refractivity contribution in [1.82, 2.24) is 10.2 Å². The SMILES string of the molecule is O=C1C2CCCNC2CN1CC1CCCC1. The minimum atomic E-state index is 0.301. The second-order valence-corrected chi connectivity index (χ2v) is 5.70. The molecule has 1 aliphatic carbocycles. The van der Waals surface area contributed by atoms with Gasteiger partial charge in [0.1, 0.15) is 0 Å². The maximum atomic E-state index is 12.2. The molecule has 0 spiro atoms. The maximum Gasteiger partial charge on any atom is 0.227 e. The Bertz CT molecular complexity index is 273. The van der Waals surface area contributed by atoms with E-state index in [-0.39, 0.29) is 0 Å². The lowest BCUT2D eigenvalue weighted by Crippen LogP contribution is -2.41. The Morgan fingerprint density at radius 1 is 1.19 bits per heavy atom. The van der Waals surface area contributed by atoms with Crippen LogP contribution < -0.4 is 5.32 Å². The summed E-state index contributed by atoms with van der Waals surface area (Å²) in [6, 6.07) is 0.461. The van der Waals surface area contributed by atoms with Crippen LogP contribution in [0.2, 0.25) is 0 Å². The summed E-state index contributed by atoms with van der Waals surface area (Å²) in [4.78, 5) is 14.4. The molecule has 0 radical (unpaired) electrons. The van der Waals surface area contributed by atoms with E-state index in [0.717, 1.165) is 32.0 Å². The molecule has 3 aliphatic rings. The van der Waals surface area contributed by atoms with Crippen LogP contribution in [0.4, 0.5) is 0 Å². The Morgan fingerprint density at radius 3 is 2.75 bits per heavy atom. The number of likely N-dealkylation sites (tertiary alicyclic amines) is 1. The van der Waals surface area contributed by atoms with E-state index >= 15 is 0 Å². The average molecular weight is 222 g/mol. The fourth-order valence-electron chi connectivity index (χ4n) is 3.67. The molecule has 1 saturated carbocycles. The highest BCUT2D eigenvalue weighted by molar-refractivity contribution is 5.82. The number of nitrogens with one attached hydrogen (secondary N) is 1. The monoisotopic (exact) mass is 222 g/mol. The van der Waals surface area contributed by atoms with Crippen molar-refractivity contribution in [3.05, 3.63) is 0 Å². The van der Waals surface area contributed by atoms with E-state index in [9.17, 15) is 4.79 Å². The van der Waals surface area contributed by atoms with Crippen molar-refractivity contribution >= 4 is 5.91 Å². The minimum Gasteiger partial charge on any atom is -0.341 e. The van der Waals surface area contributed by atoms with Crippen LogP contribution in [0.5, 0.6) is 0 Å². The third kappa shape index (κ3) is 1.86. The fraction of sp³-hybridized carbons (Fsp3) is 0.923. The first-order valence-electron chi connectivity index (χ1n) is 6.87. The predicted molar refractivity (Wildman–Crippen MR) is 63.1 cm³/mol. The van der Waals surface area contributed by atoms with Crippen LogP contribution in [0.25, 0.3) is 0 Å². The highest BCUT2D eigenvalue weighted by Gasteiger charge is 2.41. The van der Waals surface area contributed by atoms with Gasteiger partial charge in [-0.15, -0.1) is 0 Å². The van der Waals surface area contributed by atoms with Gasteiger partial charge in [0.15, 0.2) is 0 Å². The molecule has 3 nitrogen and oxygen atoms in total. The van der Waals surface area contributed by atoms with Gasteiger partial charge in [-0.2, -0.15) is 0 Å². The quantitative estimate of drug-likeness (QED) is 0.765. The summed E-state index contributed by atoms with van der Waals surface area (Å²) in [6.07, 6.45) is 7.70. The molecule has 0 bridgehead atoms. The van der Waals surface area contributed by atoms with E-state index in [1.54, 1.807) is 0 Å². The molecule has 16 heavy (non-hydrogen) atoms. The number of fused-ring (bicyclic) bond motifs is 1. The van der Waals surface area contributed by atoms with Crippen molar-refractivity contribution in [1.29, 1.82) is 0 Å². The van der Waals surface area contributed by atoms with Crippen molar-refractivity contribution < 1.29 is 4.79 Å². The Balaban J connectivity index is 1.61. The summed E-state index contributed by atoms with van der Waals surface area (Å²) in [7, 11) is 0. The summed E-state index contributed by atoms with van der Waals surface area (Å²) in [5, 5.41) is 3.50. The first-order chi connectivity index (χ1) is 7.84. The molecule has 0 aromatic rings. The van der Waals surface area contributed by atoms with Crippen molar-refractivity contribution in [3.8, 4) is 0 Å². The number of carbonyl (C=O) groups excluding carboxylic acids is 1. The largest absolute Gasteiger partial charge is 0.341 e. The van der Waals surface area contributed by atoms with Gasteiger partial charge in [-0.1, -0.05) is 12.8 Å². The van der Waals surface area contributed by atoms with Crippen molar-refractivity contribution in [2.24, 2.45) is 11.8 Å². The highest BCUT2D eigenvalue weighted by atomic mass is 16.2. The Kier molecular flexibility index (Phi) is 2.88. The number of rotatable bonds is 2. The van der Waals surface area contributed by atoms with E-state index in [1.807, 2.05) is 0 Å². The van der Waals surface area contributed by atoms with Crippen LogP contribution >= 0.6 is 0 Å². The summed E-state index contributed by atoms with van der Waals surface area (Å²) in [5.74, 6) is 1.53. The smallest absolute Gasteiger partial charge is 0.227 e. The van der Waals surface area contributed by atoms with Crippen molar-refractivity contribution in [2.75, 3.05) is 19.6 Å². The van der Waals surface area contributed by atoms with Gasteiger partial charge >= 0.3 is 0 Å². The second-order valence-electron chi connectivity index (χ2n) is 5.70. The van der Waals surface area contributed by atoms with Gasteiger partial charge in [-0.3, -0.25) is 4.79 Å². The van der Waals surface area contributed by atoms with E-state index in [4.69, 9.17) is 0 Å². The molecule has 1 amide bonds. The van der Waals surface area contributed by atoms with Crippen LogP contribution in [0, 0.1) is 11.8 Å². The Morgan fingerprint density at radius 2 is 2.00 bits per heavy atom. The number of nitrogens with zero attached hydrogens (tertiary/aromatic N) is 1. The number of piperidine rings is 1. The standard InChI is InChI=1S/C13H22N2O/c16-13-11-6-3-7-14-12(11)9-15(13)8-10-4-1-2-5-10/h10-12,14H,1-9H2. The fourth-order valence-corrected chi connectivity index (χ4v) is 3.67. The normalized spacial score (nSPS) is 35.8. The first kappa shape index (κ1) is 10.6. The molecule has 0 aromatic heterocycles. The molecule has 2 aliphatic heterocycles. The number of hydrogen-bond donors (Lipinski definition) is 1. The van der Waals surface area contributed by atoms with Gasteiger partial charge in [0.25, 0.3) is 0 Å². The molecule has 3 fully saturated rings. The topological polar surface area (TPSA) is 32.3 Å². The molecule has 1 N–H and O–H groups in total. The zero-order valence-electron chi connectivity index (χ0n) is 9.95. The molecule has 2 unspecified atom stereocenters. The number of carbonyl (C=O) groups is 1. The Labute approximate surface area is 97.6 Å². The molecule has 3 rings (SSSR count). The van der Waals surface area contributed by atoms with Gasteiger partial charge in [0.05, 0.1) is 5.92 Å². The number of amides is 1. The molecule has 2 atom stereocenters. The molecule has 2 heterocycles. The van der Waals surface area contributed by atoms with Crippen molar-refractivity contribution in [2.45, 2.75) is 44.6 Å². The molecule has 0 aromatic carbocycles. The summed E-state index contributed by atoms with van der Waals surface area (Å²) in [5.41, 5.74) is 0. The van der Waals surface area contributed by atoms with Crippen LogP contribution in [0.1, 0.15) is 38.5 Å². The second kappa shape index (κ2) is 4.36. The van der Waals surface area contributed by atoms with Gasteiger partial charge in [0.2, 0.25) is 5.91 Å². The third-order valence-electron chi connectivity index (χ3n) is 4.58. The lowest BCUT2D eigenvalue weighted by molar-refractivity contribution is -0.131. The van der Waals surface area contributed by atoms with Crippen LogP contribution in [-0.2, 0) is 4.79 Å². The van der Waals surface area contributed by atoms with Gasteiger partial charge < -0.3 is 10.2 Å².